The molecule has 8 rings (SSSR count). The molecule has 15 nitrogen and oxygen atoms in total. The highest BCUT2D eigenvalue weighted by Gasteiger charge is 2.44. The monoisotopic (exact) mass is 829 g/mol. The molecule has 0 radical (unpaired) electrons. The number of hydrogen-bond donors (Lipinski definition) is 2. The van der Waals surface area contributed by atoms with E-state index in [0.717, 1.165) is 97.3 Å². The topological polar surface area (TPSA) is 165 Å². The van der Waals surface area contributed by atoms with Gasteiger partial charge in [-0.3, -0.25) is 34.3 Å². The minimum absolute atomic E-state index is 0.0814. The van der Waals surface area contributed by atoms with Crippen molar-refractivity contribution >= 4 is 35.3 Å². The first kappa shape index (κ1) is 41.7. The van der Waals surface area contributed by atoms with Gasteiger partial charge in [-0.15, -0.1) is 0 Å². The average molecular weight is 830 g/mol. The third-order valence-corrected chi connectivity index (χ3v) is 11.2. The van der Waals surface area contributed by atoms with Gasteiger partial charge in [0.1, 0.15) is 24.1 Å². The Morgan fingerprint density at radius 2 is 1.54 bits per heavy atom. The zero-order valence-electron chi connectivity index (χ0n) is 34.2. The Hall–Kier alpha value is -6.00. The quantitative estimate of drug-likeness (QED) is 0.110. The number of fused-ring (bicyclic) bond motifs is 8. The number of piperazine rings is 1. The summed E-state index contributed by atoms with van der Waals surface area (Å²) < 4.78 is 24.2. The normalized spacial score (nSPS) is 19.3. The molecule has 6 bridgehead atoms. The number of nitrogens with one attached hydrogen (secondary N) is 2. The number of piperidine rings is 1. The van der Waals surface area contributed by atoms with Crippen LogP contribution in [0, 0.1) is 0 Å². The van der Waals surface area contributed by atoms with Gasteiger partial charge in [0.25, 0.3) is 11.8 Å². The summed E-state index contributed by atoms with van der Waals surface area (Å²) in [7, 11) is 0. The summed E-state index contributed by atoms with van der Waals surface area (Å²) in [5.74, 6) is -0.287. The molecule has 2 fully saturated rings. The first-order valence-corrected chi connectivity index (χ1v) is 21.1. The zero-order chi connectivity index (χ0) is 42.0. The first-order valence-electron chi connectivity index (χ1n) is 21.1. The minimum atomic E-state index is -0.989. The van der Waals surface area contributed by atoms with E-state index in [2.05, 4.69) is 31.5 Å². The van der Waals surface area contributed by atoms with Crippen LogP contribution >= 0.6 is 0 Å². The molecule has 4 aliphatic heterocycles. The number of carbonyl (C=O) groups excluding carboxylic acids is 4. The highest BCUT2D eigenvalue weighted by atomic mass is 16.5. The minimum Gasteiger partial charge on any atom is -0.494 e. The summed E-state index contributed by atoms with van der Waals surface area (Å²) in [6, 6.07) is 19.9. The maximum Gasteiger partial charge on any atom is 0.262 e. The number of imide groups is 2. The number of rotatable bonds is 12. The lowest BCUT2D eigenvalue weighted by atomic mass is 10.0. The van der Waals surface area contributed by atoms with Crippen LogP contribution in [0.1, 0.15) is 63.9 Å². The van der Waals surface area contributed by atoms with Gasteiger partial charge in [-0.05, 0) is 86.3 Å². The number of hydrogen-bond acceptors (Lipinski definition) is 13. The Morgan fingerprint density at radius 1 is 0.738 bits per heavy atom. The highest BCUT2D eigenvalue weighted by Crippen LogP contribution is 2.31. The van der Waals surface area contributed by atoms with Gasteiger partial charge in [-0.25, -0.2) is 9.97 Å². The summed E-state index contributed by atoms with van der Waals surface area (Å²) in [6.45, 7) is 8.70. The van der Waals surface area contributed by atoms with Crippen LogP contribution in [-0.2, 0) is 32.3 Å². The molecule has 2 N–H and O–H groups in total. The number of aromatic nitrogens is 2. The maximum atomic E-state index is 13.1. The number of unbranched alkanes of at least 4 members (excludes halogenated alkanes) is 2. The predicted molar refractivity (Wildman–Crippen MR) is 226 cm³/mol. The third-order valence-electron chi connectivity index (χ3n) is 11.2. The van der Waals surface area contributed by atoms with E-state index in [1.165, 1.54) is 0 Å². The van der Waals surface area contributed by atoms with E-state index in [1.54, 1.807) is 24.4 Å². The molecular formula is C46H51N7O8. The number of anilines is 2. The van der Waals surface area contributed by atoms with Crippen LogP contribution in [0.15, 0.2) is 85.1 Å². The molecule has 15 heteroatoms. The molecular weight excluding hydrogens is 779 g/mol. The Labute approximate surface area is 355 Å². The zero-order valence-corrected chi connectivity index (χ0v) is 34.2. The van der Waals surface area contributed by atoms with Crippen molar-refractivity contribution in [2.45, 2.75) is 51.4 Å². The smallest absolute Gasteiger partial charge is 0.262 e. The van der Waals surface area contributed by atoms with Crippen LogP contribution in [0.4, 0.5) is 11.6 Å². The number of nitrogens with zero attached hydrogens (tertiary/aromatic N) is 5. The van der Waals surface area contributed by atoms with Crippen molar-refractivity contribution in [3.63, 3.8) is 0 Å². The van der Waals surface area contributed by atoms with E-state index in [0.29, 0.717) is 51.3 Å². The number of ether oxygens (including phenoxy) is 4. The van der Waals surface area contributed by atoms with E-state index in [9.17, 15) is 19.2 Å². The summed E-state index contributed by atoms with van der Waals surface area (Å²) in [5, 5.41) is 5.58. The molecule has 2 saturated heterocycles. The van der Waals surface area contributed by atoms with Crippen LogP contribution in [0.2, 0.25) is 0 Å². The van der Waals surface area contributed by atoms with Crippen molar-refractivity contribution in [1.82, 2.24) is 30.0 Å². The van der Waals surface area contributed by atoms with Gasteiger partial charge in [0.05, 0.1) is 49.9 Å². The van der Waals surface area contributed by atoms with E-state index < -0.39 is 29.7 Å². The van der Waals surface area contributed by atoms with E-state index >= 15 is 0 Å². The van der Waals surface area contributed by atoms with Crippen LogP contribution < -0.4 is 20.1 Å². The Morgan fingerprint density at radius 3 is 2.38 bits per heavy atom. The molecule has 1 unspecified atom stereocenters. The second kappa shape index (κ2) is 20.0. The van der Waals surface area contributed by atoms with Crippen LogP contribution in [-0.4, -0.2) is 120 Å². The van der Waals surface area contributed by atoms with Gasteiger partial charge < -0.3 is 29.2 Å². The lowest BCUT2D eigenvalue weighted by molar-refractivity contribution is -0.136. The Bertz CT molecular complexity index is 2260. The fraction of sp³-hybridized carbons (Fsp3) is 0.391. The molecule has 4 aromatic rings. The Balaban J connectivity index is 0.750. The Kier molecular flexibility index (Phi) is 13.7. The maximum absolute atomic E-state index is 13.1. The summed E-state index contributed by atoms with van der Waals surface area (Å²) >= 11 is 0. The predicted octanol–water partition coefficient (Wildman–Crippen LogP) is 5.14. The van der Waals surface area contributed by atoms with Crippen molar-refractivity contribution < 1.29 is 38.1 Å². The fourth-order valence-corrected chi connectivity index (χ4v) is 7.92. The van der Waals surface area contributed by atoms with Crippen molar-refractivity contribution in [3.05, 3.63) is 107 Å². The van der Waals surface area contributed by atoms with Gasteiger partial charge in [0.15, 0.2) is 0 Å². The van der Waals surface area contributed by atoms with Gasteiger partial charge in [0.2, 0.25) is 17.8 Å². The van der Waals surface area contributed by atoms with E-state index in [-0.39, 0.29) is 24.0 Å². The van der Waals surface area contributed by atoms with E-state index in [4.69, 9.17) is 23.9 Å². The number of benzene rings is 3. The van der Waals surface area contributed by atoms with Gasteiger partial charge in [-0.1, -0.05) is 30.4 Å². The number of amides is 4. The van der Waals surface area contributed by atoms with Gasteiger partial charge in [0, 0.05) is 62.2 Å². The van der Waals surface area contributed by atoms with Crippen LogP contribution in [0.5, 0.6) is 11.5 Å². The summed E-state index contributed by atoms with van der Waals surface area (Å²) in [6.07, 6.45) is 8.82. The summed E-state index contributed by atoms with van der Waals surface area (Å²) in [4.78, 5) is 65.1. The largest absolute Gasteiger partial charge is 0.494 e. The van der Waals surface area contributed by atoms with Crippen molar-refractivity contribution in [1.29, 1.82) is 0 Å². The average Bonchev–Trinajstić information content (AvgIpc) is 3.51. The molecule has 318 valence electrons. The van der Waals surface area contributed by atoms with Gasteiger partial charge in [-0.2, -0.15) is 0 Å². The molecule has 0 spiro atoms. The third kappa shape index (κ3) is 10.7. The van der Waals surface area contributed by atoms with Crippen LogP contribution in [0.25, 0.3) is 11.3 Å². The fourth-order valence-electron chi connectivity index (χ4n) is 7.92. The van der Waals surface area contributed by atoms with Crippen molar-refractivity contribution in [3.8, 4) is 22.8 Å². The molecule has 1 atom stereocenters. The molecule has 0 aliphatic carbocycles. The standard InChI is InChI=1S/C46H51N7O8/c54-42-14-12-40(43(55)50-42)53-44(56)37-11-10-36(29-38(37)45(53)57)60-25-3-1-2-17-51-18-20-52(21-19-51)22-26-61-41-13-9-35-28-34(41)31-59-24-5-4-23-58-30-32-7-6-8-33(27-32)39-15-16-47-46(48-35)49-39/h4-11,13,15-16,27-29,40H,1-3,12,14,17-26,30-31H2,(H,47,48,49)(H,50,54,55)/b5-4+. The second-order valence-corrected chi connectivity index (χ2v) is 15.5. The molecule has 3 aromatic carbocycles. The summed E-state index contributed by atoms with van der Waals surface area (Å²) in [5.41, 5.74) is 5.15. The molecule has 0 saturated carbocycles. The SMILES string of the molecule is O=C1CCC(N2C(=O)c3ccc(OCCCCCN4CCN(CCOc5ccc6cc5COC/C=C/COCc5cccc(c5)-c5ccnc(n5)N6)CC4)cc3C2=O)C(=O)N1. The lowest BCUT2D eigenvalue weighted by Crippen LogP contribution is -2.54. The molecule has 61 heavy (non-hydrogen) atoms. The molecule has 4 amide bonds. The van der Waals surface area contributed by atoms with Gasteiger partial charge >= 0.3 is 0 Å². The first-order chi connectivity index (χ1) is 29.9. The lowest BCUT2D eigenvalue weighted by Gasteiger charge is -2.34. The van der Waals surface area contributed by atoms with Crippen molar-refractivity contribution in [2.75, 3.05) is 71.0 Å². The van der Waals surface area contributed by atoms with E-state index in [1.807, 2.05) is 54.6 Å². The second-order valence-electron chi connectivity index (χ2n) is 15.5. The highest BCUT2D eigenvalue weighted by molar-refractivity contribution is 6.23. The molecule has 4 aliphatic rings. The molecule has 1 aromatic heterocycles. The van der Waals surface area contributed by atoms with Crippen molar-refractivity contribution in [2.24, 2.45) is 0 Å². The van der Waals surface area contributed by atoms with Crippen LogP contribution in [0.3, 0.4) is 0 Å². The number of carbonyl (C=O) groups is 4. The molecule has 5 heterocycles.